The van der Waals surface area contributed by atoms with Crippen LogP contribution in [0.5, 0.6) is 5.75 Å². The average Bonchev–Trinajstić information content (AvgIpc) is 3.05. The fourth-order valence-corrected chi connectivity index (χ4v) is 3.00. The Balaban J connectivity index is 2.03. The number of rotatable bonds is 6. The quantitative estimate of drug-likeness (QED) is 0.416. The summed E-state index contributed by atoms with van der Waals surface area (Å²) in [7, 11) is 1.52. The molecule has 0 saturated heterocycles. The van der Waals surface area contributed by atoms with Crippen LogP contribution in [0.1, 0.15) is 43.7 Å². The highest BCUT2D eigenvalue weighted by Gasteiger charge is 2.15. The van der Waals surface area contributed by atoms with Gasteiger partial charge in [-0.15, -0.1) is 0 Å². The molecule has 24 heavy (non-hydrogen) atoms. The van der Waals surface area contributed by atoms with E-state index in [-0.39, 0.29) is 6.42 Å². The van der Waals surface area contributed by atoms with Crippen LogP contribution >= 0.6 is 12.2 Å². The van der Waals surface area contributed by atoms with Crippen molar-refractivity contribution < 1.29 is 14.6 Å². The second kappa shape index (κ2) is 8.63. The highest BCUT2D eigenvalue weighted by atomic mass is 32.1. The van der Waals surface area contributed by atoms with E-state index in [2.05, 4.69) is 15.8 Å². The summed E-state index contributed by atoms with van der Waals surface area (Å²) in [5.74, 6) is -0.347. The minimum atomic E-state index is -0.903. The van der Waals surface area contributed by atoms with Crippen molar-refractivity contribution in [1.82, 2.24) is 10.7 Å². The van der Waals surface area contributed by atoms with E-state index in [4.69, 9.17) is 22.1 Å². The van der Waals surface area contributed by atoms with Gasteiger partial charge in [-0.05, 0) is 55.7 Å². The Morgan fingerprint density at radius 1 is 1.42 bits per heavy atom. The molecule has 0 atom stereocenters. The lowest BCUT2D eigenvalue weighted by Gasteiger charge is -2.14. The summed E-state index contributed by atoms with van der Waals surface area (Å²) in [6.45, 7) is 1.84. The van der Waals surface area contributed by atoms with Crippen LogP contribution in [0.4, 0.5) is 0 Å². The Labute approximate surface area is 147 Å². The number of thiocarbonyl (C=S) groups is 1. The molecule has 0 aliphatic heterocycles. The Hall–Kier alpha value is -2.15. The molecule has 1 saturated carbocycles. The van der Waals surface area contributed by atoms with Gasteiger partial charge in [0.2, 0.25) is 0 Å². The summed E-state index contributed by atoms with van der Waals surface area (Å²) in [5.41, 5.74) is 5.02. The van der Waals surface area contributed by atoms with Crippen molar-refractivity contribution in [2.24, 2.45) is 5.10 Å². The highest BCUT2D eigenvalue weighted by molar-refractivity contribution is 7.80. The molecule has 1 aliphatic rings. The number of aliphatic carboxylic acids is 1. The fourth-order valence-electron chi connectivity index (χ4n) is 2.79. The van der Waals surface area contributed by atoms with Crippen molar-refractivity contribution in [2.75, 3.05) is 7.11 Å². The highest BCUT2D eigenvalue weighted by Crippen LogP contribution is 2.21. The maximum atomic E-state index is 11.0. The number of benzene rings is 1. The molecule has 0 heterocycles. The second-order valence-electron chi connectivity index (χ2n) is 5.86. The van der Waals surface area contributed by atoms with E-state index in [1.807, 2.05) is 13.0 Å². The summed E-state index contributed by atoms with van der Waals surface area (Å²) in [6.07, 6.45) is 4.66. The predicted molar refractivity (Wildman–Crippen MR) is 97.7 cm³/mol. The van der Waals surface area contributed by atoms with Crippen molar-refractivity contribution in [3.05, 3.63) is 29.3 Å². The molecule has 1 aliphatic carbocycles. The van der Waals surface area contributed by atoms with Crippen LogP contribution in [0.15, 0.2) is 23.3 Å². The van der Waals surface area contributed by atoms with Crippen LogP contribution in [0.3, 0.4) is 0 Å². The number of carboxylic acid groups (broad SMARTS) is 1. The minimum Gasteiger partial charge on any atom is -0.496 e. The zero-order valence-corrected chi connectivity index (χ0v) is 14.8. The molecule has 0 bridgehead atoms. The van der Waals surface area contributed by atoms with Crippen LogP contribution in [0.2, 0.25) is 0 Å². The molecule has 0 radical (unpaired) electrons. The number of methoxy groups -OCH3 is 1. The Morgan fingerprint density at radius 2 is 2.12 bits per heavy atom. The van der Waals surface area contributed by atoms with E-state index >= 15 is 0 Å². The molecular formula is C17H23N3O3S. The predicted octanol–water partition coefficient (Wildman–Crippen LogP) is 2.45. The normalized spacial score (nSPS) is 15.2. The Kier molecular flexibility index (Phi) is 6.54. The summed E-state index contributed by atoms with van der Waals surface area (Å²) in [6, 6.07) is 5.81. The van der Waals surface area contributed by atoms with Gasteiger partial charge in [0.25, 0.3) is 0 Å². The monoisotopic (exact) mass is 349 g/mol. The number of hydrogen-bond acceptors (Lipinski definition) is 4. The van der Waals surface area contributed by atoms with E-state index in [0.29, 0.717) is 22.5 Å². The number of ether oxygens (including phenoxy) is 1. The van der Waals surface area contributed by atoms with Crippen molar-refractivity contribution in [1.29, 1.82) is 0 Å². The first-order valence-electron chi connectivity index (χ1n) is 7.99. The Bertz CT molecular complexity index is 640. The summed E-state index contributed by atoms with van der Waals surface area (Å²) >= 11 is 5.25. The lowest BCUT2D eigenvalue weighted by atomic mass is 10.0. The smallest absolute Gasteiger partial charge is 0.307 e. The van der Waals surface area contributed by atoms with Gasteiger partial charge >= 0.3 is 5.97 Å². The molecule has 2 rings (SSSR count). The van der Waals surface area contributed by atoms with Gasteiger partial charge in [0.05, 0.1) is 19.2 Å². The average molecular weight is 349 g/mol. The number of carboxylic acids is 1. The summed E-state index contributed by atoms with van der Waals surface area (Å²) in [5, 5.41) is 17.1. The molecule has 0 aromatic heterocycles. The molecule has 130 valence electrons. The third-order valence-corrected chi connectivity index (χ3v) is 4.26. The third kappa shape index (κ3) is 5.19. The first kappa shape index (κ1) is 18.2. The molecule has 1 aromatic rings. The number of nitrogens with zero attached hydrogens (tertiary/aromatic N) is 1. The van der Waals surface area contributed by atoms with Gasteiger partial charge in [-0.25, -0.2) is 0 Å². The molecule has 7 heteroatoms. The number of nitrogens with one attached hydrogen (secondary N) is 2. The van der Waals surface area contributed by atoms with E-state index in [9.17, 15) is 4.79 Å². The summed E-state index contributed by atoms with van der Waals surface area (Å²) < 4.78 is 5.20. The maximum absolute atomic E-state index is 11.0. The SMILES string of the molecule is COc1ccc(/C(C)=N\NC(=S)NC2CCCC2)cc1CC(=O)O. The van der Waals surface area contributed by atoms with Gasteiger partial charge in [-0.1, -0.05) is 12.8 Å². The van der Waals surface area contributed by atoms with Crippen molar-refractivity contribution in [3.8, 4) is 5.75 Å². The van der Waals surface area contributed by atoms with Crippen LogP contribution in [-0.2, 0) is 11.2 Å². The molecule has 0 spiro atoms. The van der Waals surface area contributed by atoms with E-state index in [1.54, 1.807) is 12.1 Å². The lowest BCUT2D eigenvalue weighted by molar-refractivity contribution is -0.136. The van der Waals surface area contributed by atoms with Crippen LogP contribution in [-0.4, -0.2) is 35.1 Å². The summed E-state index contributed by atoms with van der Waals surface area (Å²) in [4.78, 5) is 11.0. The number of hydrogen-bond donors (Lipinski definition) is 3. The van der Waals surface area contributed by atoms with Crippen molar-refractivity contribution in [3.63, 3.8) is 0 Å². The van der Waals surface area contributed by atoms with Crippen molar-refractivity contribution in [2.45, 2.75) is 45.1 Å². The van der Waals surface area contributed by atoms with E-state index < -0.39 is 5.97 Å². The molecule has 6 nitrogen and oxygen atoms in total. The van der Waals surface area contributed by atoms with Gasteiger partial charge < -0.3 is 15.2 Å². The van der Waals surface area contributed by atoms with Crippen molar-refractivity contribution >= 4 is 29.0 Å². The topological polar surface area (TPSA) is 83.0 Å². The molecule has 1 aromatic carbocycles. The van der Waals surface area contributed by atoms with Gasteiger partial charge in [0, 0.05) is 11.6 Å². The van der Waals surface area contributed by atoms with Gasteiger partial charge in [0.1, 0.15) is 5.75 Å². The van der Waals surface area contributed by atoms with Gasteiger partial charge in [-0.3, -0.25) is 10.2 Å². The van der Waals surface area contributed by atoms with E-state index in [0.717, 1.165) is 24.1 Å². The van der Waals surface area contributed by atoms with Gasteiger partial charge in [-0.2, -0.15) is 5.10 Å². The minimum absolute atomic E-state index is 0.0978. The number of hydrazone groups is 1. The third-order valence-electron chi connectivity index (χ3n) is 4.06. The zero-order valence-electron chi connectivity index (χ0n) is 14.0. The van der Waals surface area contributed by atoms with Crippen LogP contribution < -0.4 is 15.5 Å². The maximum Gasteiger partial charge on any atom is 0.307 e. The van der Waals surface area contributed by atoms with Crippen LogP contribution in [0, 0.1) is 0 Å². The number of carbonyl (C=O) groups is 1. The second-order valence-corrected chi connectivity index (χ2v) is 6.27. The zero-order chi connectivity index (χ0) is 17.5. The fraction of sp³-hybridized carbons (Fsp3) is 0.471. The molecule has 0 amide bonds. The molecule has 1 fully saturated rings. The standard InChI is InChI=1S/C17H23N3O3S/c1-11(19-20-17(24)18-14-5-3-4-6-14)12-7-8-15(23-2)13(9-12)10-16(21)22/h7-9,14H,3-6,10H2,1-2H3,(H,21,22)(H2,18,20,24)/b19-11-. The molecular weight excluding hydrogens is 326 g/mol. The first-order chi connectivity index (χ1) is 11.5. The largest absolute Gasteiger partial charge is 0.496 e. The molecule has 3 N–H and O–H groups in total. The molecule has 0 unspecified atom stereocenters. The van der Waals surface area contributed by atoms with Crippen LogP contribution in [0.25, 0.3) is 0 Å². The van der Waals surface area contributed by atoms with E-state index in [1.165, 1.54) is 20.0 Å². The van der Waals surface area contributed by atoms with Gasteiger partial charge in [0.15, 0.2) is 5.11 Å². The first-order valence-corrected chi connectivity index (χ1v) is 8.40. The lowest BCUT2D eigenvalue weighted by Crippen LogP contribution is -2.38. The Morgan fingerprint density at radius 3 is 2.75 bits per heavy atom.